The first-order chi connectivity index (χ1) is 20.4. The number of esters is 1. The molecule has 8 nitrogen and oxygen atoms in total. The van der Waals surface area contributed by atoms with E-state index < -0.39 is 5.97 Å². The summed E-state index contributed by atoms with van der Waals surface area (Å²) in [4.78, 5) is 29.2. The van der Waals surface area contributed by atoms with Gasteiger partial charge in [0.2, 0.25) is 0 Å². The Morgan fingerprint density at radius 3 is 2.45 bits per heavy atom. The van der Waals surface area contributed by atoms with Crippen molar-refractivity contribution in [1.82, 2.24) is 9.47 Å². The van der Waals surface area contributed by atoms with Gasteiger partial charge in [0.25, 0.3) is 5.91 Å². The molecule has 0 aliphatic carbocycles. The molecule has 5 rings (SSSR count). The third-order valence-corrected chi connectivity index (χ3v) is 7.47. The molecular formula is C33H33N3O5S. The molecule has 0 atom stereocenters. The lowest BCUT2D eigenvalue weighted by atomic mass is 10.1. The zero-order chi connectivity index (χ0) is 29.6. The third kappa shape index (κ3) is 6.01. The molecule has 0 radical (unpaired) electrons. The summed E-state index contributed by atoms with van der Waals surface area (Å²) in [6, 6.07) is 23.1. The van der Waals surface area contributed by atoms with E-state index in [0.29, 0.717) is 30.3 Å². The molecule has 3 aromatic carbocycles. The van der Waals surface area contributed by atoms with Crippen molar-refractivity contribution in [2.75, 3.05) is 31.8 Å². The molecule has 1 amide bonds. The van der Waals surface area contributed by atoms with Crippen LogP contribution in [0.4, 0.5) is 5.69 Å². The number of aromatic nitrogens is 1. The van der Waals surface area contributed by atoms with E-state index in [1.165, 1.54) is 16.9 Å². The molecule has 0 unspecified atom stereocenters. The molecule has 0 bridgehead atoms. The second kappa shape index (κ2) is 12.9. The zero-order valence-corrected chi connectivity index (χ0v) is 24.7. The van der Waals surface area contributed by atoms with Crippen molar-refractivity contribution < 1.29 is 23.8 Å². The van der Waals surface area contributed by atoms with Gasteiger partial charge in [-0.25, -0.2) is 0 Å². The highest BCUT2D eigenvalue weighted by Crippen LogP contribution is 2.32. The number of thiocarbonyl (C=S) groups is 1. The van der Waals surface area contributed by atoms with E-state index >= 15 is 0 Å². The Bertz CT molecular complexity index is 1640. The van der Waals surface area contributed by atoms with Crippen LogP contribution in [0.25, 0.3) is 17.0 Å². The van der Waals surface area contributed by atoms with E-state index in [1.807, 2.05) is 62.5 Å². The molecule has 4 aromatic rings. The molecule has 1 saturated heterocycles. The van der Waals surface area contributed by atoms with E-state index in [-0.39, 0.29) is 17.6 Å². The van der Waals surface area contributed by atoms with Gasteiger partial charge in [-0.2, -0.15) is 0 Å². The molecule has 216 valence electrons. The highest BCUT2D eigenvalue weighted by molar-refractivity contribution is 7.80. The van der Waals surface area contributed by atoms with E-state index in [1.54, 1.807) is 30.3 Å². The van der Waals surface area contributed by atoms with Gasteiger partial charge in [0.1, 0.15) is 23.7 Å². The Morgan fingerprint density at radius 1 is 0.976 bits per heavy atom. The summed E-state index contributed by atoms with van der Waals surface area (Å²) in [5, 5.41) is 1.19. The van der Waals surface area contributed by atoms with Crippen molar-refractivity contribution in [3.63, 3.8) is 0 Å². The maximum absolute atomic E-state index is 13.8. The Labute approximate surface area is 250 Å². The second-order valence-corrected chi connectivity index (χ2v) is 10.2. The standard InChI is InChI=1S/C33H33N3O5S/c1-4-40-26-16-14-25(15-17-26)36-32(38)29(35(33(36)42)22-31(37)39-3)20-24-21-34(28-12-7-6-11-27(24)28)18-9-19-41-30-13-8-5-10-23(30)2/h5-8,10-17,20-21H,4,9,18-19,22H2,1-3H3/b29-20-. The third-order valence-electron chi connectivity index (χ3n) is 7.06. The summed E-state index contributed by atoms with van der Waals surface area (Å²) >= 11 is 5.72. The molecule has 1 aromatic heterocycles. The number of hydrogen-bond donors (Lipinski definition) is 0. The minimum atomic E-state index is -0.499. The van der Waals surface area contributed by atoms with Crippen LogP contribution in [0.5, 0.6) is 11.5 Å². The Morgan fingerprint density at radius 2 is 1.71 bits per heavy atom. The first kappa shape index (κ1) is 28.9. The van der Waals surface area contributed by atoms with Gasteiger partial charge in [0.05, 0.1) is 26.0 Å². The predicted octanol–water partition coefficient (Wildman–Crippen LogP) is 5.97. The number of aryl methyl sites for hydroxylation is 2. The number of rotatable bonds is 11. The quantitative estimate of drug-likeness (QED) is 0.0933. The van der Waals surface area contributed by atoms with Gasteiger partial charge in [-0.05, 0) is 80.5 Å². The average Bonchev–Trinajstić information content (AvgIpc) is 3.46. The van der Waals surface area contributed by atoms with Crippen LogP contribution in [-0.4, -0.2) is 53.3 Å². The minimum Gasteiger partial charge on any atom is -0.494 e. The molecule has 42 heavy (non-hydrogen) atoms. The lowest BCUT2D eigenvalue weighted by Gasteiger charge is -2.19. The first-order valence-electron chi connectivity index (χ1n) is 13.8. The highest BCUT2D eigenvalue weighted by Gasteiger charge is 2.40. The Kier molecular flexibility index (Phi) is 8.88. The lowest BCUT2D eigenvalue weighted by Crippen LogP contribution is -2.35. The normalized spacial score (nSPS) is 14.2. The summed E-state index contributed by atoms with van der Waals surface area (Å²) in [7, 11) is 1.31. The van der Waals surface area contributed by atoms with Crippen LogP contribution >= 0.6 is 12.2 Å². The van der Waals surface area contributed by atoms with Crippen LogP contribution in [0.2, 0.25) is 0 Å². The first-order valence-corrected chi connectivity index (χ1v) is 14.3. The van der Waals surface area contributed by atoms with Gasteiger partial charge in [-0.1, -0.05) is 36.4 Å². The van der Waals surface area contributed by atoms with Crippen LogP contribution in [0, 0.1) is 6.92 Å². The van der Waals surface area contributed by atoms with E-state index in [0.717, 1.165) is 40.7 Å². The largest absolute Gasteiger partial charge is 0.494 e. The predicted molar refractivity (Wildman–Crippen MR) is 168 cm³/mol. The van der Waals surface area contributed by atoms with Crippen molar-refractivity contribution >= 4 is 51.9 Å². The summed E-state index contributed by atoms with van der Waals surface area (Å²) in [6.45, 7) is 5.59. The van der Waals surface area contributed by atoms with Gasteiger partial charge in [0, 0.05) is 29.2 Å². The number of fused-ring (bicyclic) bond motifs is 1. The average molecular weight is 584 g/mol. The highest BCUT2D eigenvalue weighted by atomic mass is 32.1. The number of hydrogen-bond acceptors (Lipinski definition) is 6. The van der Waals surface area contributed by atoms with E-state index in [2.05, 4.69) is 10.6 Å². The van der Waals surface area contributed by atoms with Gasteiger partial charge in [-0.3, -0.25) is 14.5 Å². The summed E-state index contributed by atoms with van der Waals surface area (Å²) in [5.74, 6) is 0.758. The van der Waals surface area contributed by atoms with E-state index in [9.17, 15) is 9.59 Å². The van der Waals surface area contributed by atoms with Crippen molar-refractivity contribution in [3.8, 4) is 11.5 Å². The zero-order valence-electron chi connectivity index (χ0n) is 23.9. The maximum Gasteiger partial charge on any atom is 0.325 e. The van der Waals surface area contributed by atoms with Crippen LogP contribution < -0.4 is 14.4 Å². The molecule has 2 heterocycles. The van der Waals surface area contributed by atoms with Crippen molar-refractivity contribution in [3.05, 3.63) is 95.8 Å². The Balaban J connectivity index is 1.44. The fraction of sp³-hybridized carbons (Fsp3) is 0.242. The van der Waals surface area contributed by atoms with Crippen LogP contribution in [0.1, 0.15) is 24.5 Å². The smallest absolute Gasteiger partial charge is 0.325 e. The fourth-order valence-corrected chi connectivity index (χ4v) is 5.32. The summed E-state index contributed by atoms with van der Waals surface area (Å²) < 4.78 is 18.6. The summed E-state index contributed by atoms with van der Waals surface area (Å²) in [6.07, 6.45) is 4.62. The number of methoxy groups -OCH3 is 1. The SMILES string of the molecule is CCOc1ccc(N2C(=O)/C(=C/c3cn(CCCOc4ccccc4C)c4ccccc34)N(CC(=O)OC)C2=S)cc1. The van der Waals surface area contributed by atoms with Crippen LogP contribution in [0.3, 0.4) is 0 Å². The van der Waals surface area contributed by atoms with Crippen molar-refractivity contribution in [2.45, 2.75) is 26.8 Å². The number of nitrogens with zero attached hydrogens (tertiary/aromatic N) is 3. The second-order valence-electron chi connectivity index (χ2n) is 9.80. The number of anilines is 1. The topological polar surface area (TPSA) is 73.2 Å². The monoisotopic (exact) mass is 583 g/mol. The van der Waals surface area contributed by atoms with Gasteiger partial charge < -0.3 is 23.7 Å². The fourth-order valence-electron chi connectivity index (χ4n) is 4.97. The lowest BCUT2D eigenvalue weighted by molar-refractivity contribution is -0.140. The van der Waals surface area contributed by atoms with Gasteiger partial charge in [-0.15, -0.1) is 0 Å². The number of carbonyl (C=O) groups excluding carboxylic acids is 2. The molecule has 0 spiro atoms. The molecule has 1 aliphatic heterocycles. The number of carbonyl (C=O) groups is 2. The van der Waals surface area contributed by atoms with Crippen LogP contribution in [0.15, 0.2) is 84.7 Å². The number of amides is 1. The molecule has 1 aliphatic rings. The number of ether oxygens (including phenoxy) is 3. The van der Waals surface area contributed by atoms with Crippen molar-refractivity contribution in [1.29, 1.82) is 0 Å². The molecule has 1 fully saturated rings. The maximum atomic E-state index is 13.8. The van der Waals surface area contributed by atoms with Crippen LogP contribution in [-0.2, 0) is 20.9 Å². The van der Waals surface area contributed by atoms with Gasteiger partial charge in [0.15, 0.2) is 5.11 Å². The molecule has 0 saturated carbocycles. The Hall–Kier alpha value is -4.63. The summed E-state index contributed by atoms with van der Waals surface area (Å²) in [5.41, 5.74) is 3.87. The minimum absolute atomic E-state index is 0.185. The van der Waals surface area contributed by atoms with Gasteiger partial charge >= 0.3 is 5.97 Å². The number of benzene rings is 3. The van der Waals surface area contributed by atoms with E-state index in [4.69, 9.17) is 26.4 Å². The molecule has 9 heteroatoms. The molecular weight excluding hydrogens is 550 g/mol. The van der Waals surface area contributed by atoms with Crippen molar-refractivity contribution in [2.24, 2.45) is 0 Å². The number of para-hydroxylation sites is 2. The molecule has 0 N–H and O–H groups in total.